The number of hydrogen-bond donors (Lipinski definition) is 1. The Kier molecular flexibility index (Phi) is 4.23. The van der Waals surface area contributed by atoms with E-state index in [1.165, 1.54) is 17.9 Å². The highest BCUT2D eigenvalue weighted by Crippen LogP contribution is 2.50. The van der Waals surface area contributed by atoms with Crippen LogP contribution in [-0.4, -0.2) is 35.0 Å². The minimum atomic E-state index is -1.16. The van der Waals surface area contributed by atoms with E-state index in [2.05, 4.69) is 43.2 Å². The van der Waals surface area contributed by atoms with E-state index in [1.807, 2.05) is 0 Å². The summed E-state index contributed by atoms with van der Waals surface area (Å²) in [6, 6.07) is 0. The average molecular weight is 236 g/mol. The largest absolute Gasteiger partial charge is 0.396 e. The van der Waals surface area contributed by atoms with Crippen LogP contribution in [0.2, 0.25) is 19.6 Å². The highest BCUT2D eigenvalue weighted by Gasteiger charge is 2.44. The van der Waals surface area contributed by atoms with E-state index in [4.69, 9.17) is 5.11 Å². The Labute approximate surface area is 91.1 Å². The van der Waals surface area contributed by atoms with Gasteiger partial charge in [0.2, 0.25) is 0 Å². The van der Waals surface area contributed by atoms with Crippen molar-refractivity contribution in [3.8, 4) is 0 Å². The third-order valence-corrected chi connectivity index (χ3v) is 12.7. The number of hydrogen-bond acceptors (Lipinski definition) is 3. The van der Waals surface area contributed by atoms with Gasteiger partial charge in [0.1, 0.15) is 0 Å². The van der Waals surface area contributed by atoms with Gasteiger partial charge < -0.3 is 5.11 Å². The Hall–Kier alpha value is 0.877. The highest BCUT2D eigenvalue weighted by atomic mass is 32.2. The lowest BCUT2D eigenvalue weighted by Gasteiger charge is -2.44. The fourth-order valence-corrected chi connectivity index (χ4v) is 9.34. The van der Waals surface area contributed by atoms with Gasteiger partial charge in [-0.2, -0.15) is 0 Å². The van der Waals surface area contributed by atoms with Gasteiger partial charge in [-0.05, 0) is 24.3 Å². The second kappa shape index (κ2) is 4.60. The van der Waals surface area contributed by atoms with Gasteiger partial charge in [0.15, 0.2) is 0 Å². The normalized spacial score (nSPS) is 23.1. The molecule has 0 saturated carbocycles. The van der Waals surface area contributed by atoms with E-state index >= 15 is 0 Å². The summed E-state index contributed by atoms with van der Waals surface area (Å²) in [5.74, 6) is 2.58. The van der Waals surface area contributed by atoms with Gasteiger partial charge in [-0.1, -0.05) is 19.6 Å². The molecule has 0 aliphatic carbocycles. The molecule has 0 aromatic rings. The minimum absolute atomic E-state index is 0.351. The Morgan fingerprint density at radius 3 is 2.15 bits per heavy atom. The minimum Gasteiger partial charge on any atom is -0.396 e. The van der Waals surface area contributed by atoms with Crippen LogP contribution in [0.3, 0.4) is 0 Å². The monoisotopic (exact) mass is 236 g/mol. The molecule has 0 aromatic heterocycles. The van der Waals surface area contributed by atoms with Crippen molar-refractivity contribution in [1.82, 2.24) is 0 Å². The molecule has 0 spiro atoms. The number of thioether (sulfide) groups is 2. The van der Waals surface area contributed by atoms with Crippen molar-refractivity contribution in [2.45, 2.75) is 36.2 Å². The van der Waals surface area contributed by atoms with E-state index in [9.17, 15) is 0 Å². The van der Waals surface area contributed by atoms with Crippen LogP contribution in [-0.2, 0) is 0 Å². The van der Waals surface area contributed by atoms with Crippen molar-refractivity contribution in [3.05, 3.63) is 0 Å². The summed E-state index contributed by atoms with van der Waals surface area (Å²) in [5.41, 5.74) is 0. The van der Waals surface area contributed by atoms with Crippen molar-refractivity contribution in [1.29, 1.82) is 0 Å². The van der Waals surface area contributed by atoms with Crippen molar-refractivity contribution >= 4 is 31.6 Å². The summed E-state index contributed by atoms with van der Waals surface area (Å²) in [6.45, 7) is 7.63. The molecule has 78 valence electrons. The second-order valence-corrected chi connectivity index (χ2v) is 13.7. The van der Waals surface area contributed by atoms with Gasteiger partial charge in [-0.15, -0.1) is 23.5 Å². The van der Waals surface area contributed by atoms with Gasteiger partial charge in [0.25, 0.3) is 0 Å². The first kappa shape index (κ1) is 11.9. The van der Waals surface area contributed by atoms with Crippen molar-refractivity contribution < 1.29 is 5.11 Å². The molecule has 0 bridgehead atoms. The summed E-state index contributed by atoms with van der Waals surface area (Å²) in [4.78, 5) is 0. The first-order chi connectivity index (χ1) is 6.02. The van der Waals surface area contributed by atoms with E-state index in [1.54, 1.807) is 0 Å². The van der Waals surface area contributed by atoms with Crippen LogP contribution in [0.15, 0.2) is 0 Å². The Morgan fingerprint density at radius 2 is 1.77 bits per heavy atom. The zero-order valence-electron chi connectivity index (χ0n) is 8.80. The molecular formula is C9H20OS2Si. The van der Waals surface area contributed by atoms with Crippen LogP contribution in [0.4, 0.5) is 0 Å². The molecule has 1 aliphatic rings. The van der Waals surface area contributed by atoms with E-state index in [-0.39, 0.29) is 0 Å². The molecule has 1 saturated heterocycles. The van der Waals surface area contributed by atoms with E-state index < -0.39 is 8.07 Å². The van der Waals surface area contributed by atoms with Crippen molar-refractivity contribution in [2.75, 3.05) is 18.1 Å². The topological polar surface area (TPSA) is 20.2 Å². The quantitative estimate of drug-likeness (QED) is 0.761. The molecule has 1 aliphatic heterocycles. The molecule has 0 aromatic carbocycles. The Bertz CT molecular complexity index is 156. The first-order valence-electron chi connectivity index (χ1n) is 4.91. The maximum Gasteiger partial charge on any atom is 0.0753 e. The molecule has 13 heavy (non-hydrogen) atoms. The van der Waals surface area contributed by atoms with Crippen LogP contribution < -0.4 is 0 Å². The van der Waals surface area contributed by atoms with Crippen LogP contribution in [0.25, 0.3) is 0 Å². The van der Waals surface area contributed by atoms with Crippen LogP contribution >= 0.6 is 23.5 Å². The third kappa shape index (κ3) is 2.67. The highest BCUT2D eigenvalue weighted by molar-refractivity contribution is 8.21. The fourth-order valence-electron chi connectivity index (χ4n) is 1.67. The summed E-state index contributed by atoms with van der Waals surface area (Å²) in [7, 11) is -1.16. The molecule has 1 nitrogen and oxygen atoms in total. The molecule has 1 N–H and O–H groups in total. The zero-order valence-corrected chi connectivity index (χ0v) is 11.4. The predicted octanol–water partition coefficient (Wildman–Crippen LogP) is 2.81. The third-order valence-electron chi connectivity index (χ3n) is 2.54. The van der Waals surface area contributed by atoms with E-state index in [0.717, 1.165) is 6.42 Å². The molecular weight excluding hydrogens is 216 g/mol. The smallest absolute Gasteiger partial charge is 0.0753 e. The predicted molar refractivity (Wildman–Crippen MR) is 67.3 cm³/mol. The summed E-state index contributed by atoms with van der Waals surface area (Å²) in [6.07, 6.45) is 2.32. The molecule has 1 rings (SSSR count). The van der Waals surface area contributed by atoms with Crippen molar-refractivity contribution in [3.63, 3.8) is 0 Å². The maximum absolute atomic E-state index is 9.14. The van der Waals surface area contributed by atoms with E-state index in [0.29, 0.717) is 10.3 Å². The summed E-state index contributed by atoms with van der Waals surface area (Å²) in [5, 5.41) is 9.14. The molecule has 4 heteroatoms. The zero-order chi connectivity index (χ0) is 9.95. The van der Waals surface area contributed by atoms with Crippen LogP contribution in [0.1, 0.15) is 12.8 Å². The Balaban J connectivity index is 2.73. The SMILES string of the molecule is C[Si](C)(C)C1(CCO)SCCCS1. The fraction of sp³-hybridized carbons (Fsp3) is 1.00. The molecule has 0 radical (unpaired) electrons. The standard InChI is InChI=1S/C9H20OS2Si/c1-13(2,3)9(5-6-10)11-7-4-8-12-9/h10H,4-8H2,1-3H3. The molecule has 0 unspecified atom stereocenters. The average Bonchev–Trinajstić information content (AvgIpc) is 2.04. The number of aliphatic hydroxyl groups excluding tert-OH is 1. The lowest BCUT2D eigenvalue weighted by Crippen LogP contribution is -2.49. The molecule has 1 heterocycles. The van der Waals surface area contributed by atoms with Crippen molar-refractivity contribution in [2.24, 2.45) is 0 Å². The molecule has 1 fully saturated rings. The van der Waals surface area contributed by atoms with Crippen LogP contribution in [0, 0.1) is 0 Å². The lowest BCUT2D eigenvalue weighted by molar-refractivity contribution is 0.290. The second-order valence-electron chi connectivity index (χ2n) is 4.53. The van der Waals surface area contributed by atoms with Gasteiger partial charge in [0, 0.05) is 6.61 Å². The lowest BCUT2D eigenvalue weighted by atomic mass is 10.5. The van der Waals surface area contributed by atoms with Gasteiger partial charge >= 0.3 is 0 Å². The molecule has 0 amide bonds. The molecule has 0 atom stereocenters. The van der Waals surface area contributed by atoms with Gasteiger partial charge in [-0.25, -0.2) is 0 Å². The summed E-state index contributed by atoms with van der Waals surface area (Å²) >= 11 is 4.21. The maximum atomic E-state index is 9.14. The number of aliphatic hydroxyl groups is 1. The van der Waals surface area contributed by atoms with Gasteiger partial charge in [-0.3, -0.25) is 0 Å². The number of rotatable bonds is 3. The van der Waals surface area contributed by atoms with Gasteiger partial charge in [0.05, 0.1) is 11.8 Å². The van der Waals surface area contributed by atoms with Crippen LogP contribution in [0.5, 0.6) is 0 Å². The summed E-state index contributed by atoms with van der Waals surface area (Å²) < 4.78 is 0.389. The first-order valence-corrected chi connectivity index (χ1v) is 10.4. The Morgan fingerprint density at radius 1 is 1.23 bits per heavy atom.